The summed E-state index contributed by atoms with van der Waals surface area (Å²) in [4.78, 5) is 11.1. The van der Waals surface area contributed by atoms with Gasteiger partial charge in [0.25, 0.3) is 0 Å². The first-order chi connectivity index (χ1) is 5.81. The molecule has 0 aromatic heterocycles. The molecule has 0 amide bonds. The monoisotopic (exact) mass is 186 g/mol. The van der Waals surface area contributed by atoms with Crippen LogP contribution in [0, 0.1) is 10.8 Å². The van der Waals surface area contributed by atoms with Crippen LogP contribution >= 0.6 is 0 Å². The molecular weight excluding hydrogens is 164 g/mol. The molecule has 78 valence electrons. The van der Waals surface area contributed by atoms with Gasteiger partial charge in [-0.25, -0.2) is 0 Å². The lowest BCUT2D eigenvalue weighted by atomic mass is 9.63. The van der Waals surface area contributed by atoms with Gasteiger partial charge in [-0.2, -0.15) is 0 Å². The molecule has 0 spiro atoms. The van der Waals surface area contributed by atoms with Crippen LogP contribution in [-0.4, -0.2) is 11.1 Å². The molecule has 0 aliphatic carbocycles. The molecule has 2 heteroatoms. The van der Waals surface area contributed by atoms with Crippen molar-refractivity contribution in [3.8, 4) is 0 Å². The summed E-state index contributed by atoms with van der Waals surface area (Å²) < 4.78 is 0. The molecule has 13 heavy (non-hydrogen) atoms. The Bertz CT molecular complexity index is 185. The van der Waals surface area contributed by atoms with E-state index in [4.69, 9.17) is 5.11 Å². The fourth-order valence-electron chi connectivity index (χ4n) is 1.74. The van der Waals surface area contributed by atoms with E-state index in [9.17, 15) is 4.79 Å². The SMILES string of the molecule is CCCC(C)(CC)C(C)(C)C(=O)O. The molecule has 0 heterocycles. The highest BCUT2D eigenvalue weighted by Gasteiger charge is 2.44. The minimum Gasteiger partial charge on any atom is -0.481 e. The third kappa shape index (κ3) is 2.23. The van der Waals surface area contributed by atoms with Crippen molar-refractivity contribution >= 4 is 5.97 Å². The normalized spacial score (nSPS) is 16.7. The average Bonchev–Trinajstić information content (AvgIpc) is 2.04. The van der Waals surface area contributed by atoms with E-state index in [0.717, 1.165) is 19.3 Å². The quantitative estimate of drug-likeness (QED) is 0.715. The summed E-state index contributed by atoms with van der Waals surface area (Å²) in [6.45, 7) is 9.90. The Kier molecular flexibility index (Phi) is 3.95. The van der Waals surface area contributed by atoms with Gasteiger partial charge in [-0.3, -0.25) is 4.79 Å². The summed E-state index contributed by atoms with van der Waals surface area (Å²) in [7, 11) is 0. The van der Waals surface area contributed by atoms with Crippen molar-refractivity contribution in [3.63, 3.8) is 0 Å². The van der Waals surface area contributed by atoms with Crippen molar-refractivity contribution in [2.24, 2.45) is 10.8 Å². The van der Waals surface area contributed by atoms with E-state index in [0.29, 0.717) is 0 Å². The van der Waals surface area contributed by atoms with Crippen LogP contribution in [0.15, 0.2) is 0 Å². The topological polar surface area (TPSA) is 37.3 Å². The maximum absolute atomic E-state index is 11.1. The minimum absolute atomic E-state index is 0.0897. The molecule has 1 unspecified atom stereocenters. The molecule has 2 nitrogen and oxygen atoms in total. The van der Waals surface area contributed by atoms with E-state index >= 15 is 0 Å². The fraction of sp³-hybridized carbons (Fsp3) is 0.909. The Labute approximate surface area is 81.3 Å². The van der Waals surface area contributed by atoms with Crippen LogP contribution in [0.1, 0.15) is 53.9 Å². The number of carboxylic acid groups (broad SMARTS) is 1. The van der Waals surface area contributed by atoms with Crippen molar-refractivity contribution in [2.45, 2.75) is 53.9 Å². The second kappa shape index (κ2) is 4.12. The Morgan fingerprint density at radius 3 is 1.92 bits per heavy atom. The molecule has 0 aromatic rings. The lowest BCUT2D eigenvalue weighted by molar-refractivity contribution is -0.155. The predicted octanol–water partition coefficient (Wildman–Crippen LogP) is 3.31. The lowest BCUT2D eigenvalue weighted by Gasteiger charge is -2.40. The first-order valence-electron chi connectivity index (χ1n) is 5.05. The zero-order valence-corrected chi connectivity index (χ0v) is 9.48. The first-order valence-corrected chi connectivity index (χ1v) is 5.05. The van der Waals surface area contributed by atoms with Gasteiger partial charge in [0, 0.05) is 0 Å². The zero-order valence-electron chi connectivity index (χ0n) is 9.48. The van der Waals surface area contributed by atoms with Gasteiger partial charge in [0.05, 0.1) is 5.41 Å². The van der Waals surface area contributed by atoms with Crippen LogP contribution in [0.3, 0.4) is 0 Å². The van der Waals surface area contributed by atoms with Crippen molar-refractivity contribution in [3.05, 3.63) is 0 Å². The summed E-state index contributed by atoms with van der Waals surface area (Å²) in [5, 5.41) is 9.13. The summed E-state index contributed by atoms with van der Waals surface area (Å²) >= 11 is 0. The molecule has 0 fully saturated rings. The predicted molar refractivity (Wildman–Crippen MR) is 54.7 cm³/mol. The number of rotatable bonds is 5. The van der Waals surface area contributed by atoms with Crippen LogP contribution in [0.2, 0.25) is 0 Å². The van der Waals surface area contributed by atoms with E-state index in [1.54, 1.807) is 0 Å². The van der Waals surface area contributed by atoms with Gasteiger partial charge in [0.2, 0.25) is 0 Å². The van der Waals surface area contributed by atoms with Crippen molar-refractivity contribution in [1.82, 2.24) is 0 Å². The van der Waals surface area contributed by atoms with Gasteiger partial charge in [-0.1, -0.05) is 27.2 Å². The van der Waals surface area contributed by atoms with Crippen molar-refractivity contribution in [2.75, 3.05) is 0 Å². The number of hydrogen-bond acceptors (Lipinski definition) is 1. The molecule has 0 aliphatic rings. The molecule has 0 radical (unpaired) electrons. The van der Waals surface area contributed by atoms with Gasteiger partial charge in [-0.05, 0) is 32.1 Å². The fourth-order valence-corrected chi connectivity index (χ4v) is 1.74. The lowest BCUT2D eigenvalue weighted by Crippen LogP contribution is -2.41. The average molecular weight is 186 g/mol. The van der Waals surface area contributed by atoms with Gasteiger partial charge < -0.3 is 5.11 Å². The van der Waals surface area contributed by atoms with Crippen LogP contribution in [0.4, 0.5) is 0 Å². The van der Waals surface area contributed by atoms with Crippen molar-refractivity contribution < 1.29 is 9.90 Å². The first kappa shape index (κ1) is 12.5. The van der Waals surface area contributed by atoms with Crippen LogP contribution < -0.4 is 0 Å². The molecule has 0 aliphatic heterocycles. The third-order valence-corrected chi connectivity index (χ3v) is 3.63. The van der Waals surface area contributed by atoms with Gasteiger partial charge in [-0.15, -0.1) is 0 Å². The van der Waals surface area contributed by atoms with Gasteiger partial charge >= 0.3 is 5.97 Å². The number of carbonyl (C=O) groups is 1. The second-order valence-corrected chi connectivity index (χ2v) is 4.59. The largest absolute Gasteiger partial charge is 0.481 e. The summed E-state index contributed by atoms with van der Waals surface area (Å²) in [6, 6.07) is 0. The Morgan fingerprint density at radius 1 is 1.23 bits per heavy atom. The molecule has 0 aromatic carbocycles. The van der Waals surface area contributed by atoms with E-state index in [1.165, 1.54) is 0 Å². The Hall–Kier alpha value is -0.530. The van der Waals surface area contributed by atoms with Crippen LogP contribution in [0.5, 0.6) is 0 Å². The molecule has 0 bridgehead atoms. The van der Waals surface area contributed by atoms with Crippen LogP contribution in [0.25, 0.3) is 0 Å². The van der Waals surface area contributed by atoms with E-state index < -0.39 is 11.4 Å². The highest BCUT2D eigenvalue weighted by Crippen LogP contribution is 2.45. The standard InChI is InChI=1S/C11H22O2/c1-6-8-11(5,7-2)10(3,4)9(12)13/h6-8H2,1-5H3,(H,12,13). The minimum atomic E-state index is -0.690. The molecular formula is C11H22O2. The molecule has 1 atom stereocenters. The number of carboxylic acids is 1. The van der Waals surface area contributed by atoms with E-state index in [-0.39, 0.29) is 5.41 Å². The van der Waals surface area contributed by atoms with Crippen LogP contribution in [-0.2, 0) is 4.79 Å². The van der Waals surface area contributed by atoms with E-state index in [1.807, 2.05) is 13.8 Å². The van der Waals surface area contributed by atoms with Crippen molar-refractivity contribution in [1.29, 1.82) is 0 Å². The molecule has 1 N–H and O–H groups in total. The maximum Gasteiger partial charge on any atom is 0.309 e. The summed E-state index contributed by atoms with van der Waals surface area (Å²) in [5.41, 5.74) is -0.717. The highest BCUT2D eigenvalue weighted by atomic mass is 16.4. The maximum atomic E-state index is 11.1. The Morgan fingerprint density at radius 2 is 1.69 bits per heavy atom. The number of aliphatic carboxylic acids is 1. The smallest absolute Gasteiger partial charge is 0.309 e. The summed E-state index contributed by atoms with van der Waals surface area (Å²) in [6.07, 6.45) is 2.93. The summed E-state index contributed by atoms with van der Waals surface area (Å²) in [5.74, 6) is -0.690. The highest BCUT2D eigenvalue weighted by molar-refractivity contribution is 5.74. The van der Waals surface area contributed by atoms with Gasteiger partial charge in [0.1, 0.15) is 0 Å². The van der Waals surface area contributed by atoms with Gasteiger partial charge in [0.15, 0.2) is 0 Å². The molecule has 0 saturated heterocycles. The molecule has 0 rings (SSSR count). The number of hydrogen-bond donors (Lipinski definition) is 1. The second-order valence-electron chi connectivity index (χ2n) is 4.59. The molecule has 0 saturated carbocycles. The zero-order chi connectivity index (χ0) is 10.7. The Balaban J connectivity index is 4.82. The van der Waals surface area contributed by atoms with E-state index in [2.05, 4.69) is 20.8 Å². The third-order valence-electron chi connectivity index (χ3n) is 3.63.